The van der Waals surface area contributed by atoms with E-state index in [1.807, 2.05) is 30.3 Å². The summed E-state index contributed by atoms with van der Waals surface area (Å²) >= 11 is 0. The first kappa shape index (κ1) is 25.1. The molecular formula is C25H25F3N2O4. The lowest BCUT2D eigenvalue weighted by atomic mass is 10.1. The minimum Gasteiger partial charge on any atom is -0.492 e. The van der Waals surface area contributed by atoms with E-state index >= 15 is 0 Å². The van der Waals surface area contributed by atoms with Crippen molar-refractivity contribution in [2.75, 3.05) is 19.7 Å². The molecule has 6 nitrogen and oxygen atoms in total. The van der Waals surface area contributed by atoms with Gasteiger partial charge in [0.15, 0.2) is 0 Å². The predicted molar refractivity (Wildman–Crippen MR) is 120 cm³/mol. The van der Waals surface area contributed by atoms with Gasteiger partial charge in [0.05, 0.1) is 5.56 Å². The van der Waals surface area contributed by atoms with Crippen LogP contribution in [0.5, 0.6) is 11.5 Å². The van der Waals surface area contributed by atoms with Crippen LogP contribution >= 0.6 is 0 Å². The molecule has 0 radical (unpaired) electrons. The van der Waals surface area contributed by atoms with Crippen LogP contribution in [0.2, 0.25) is 0 Å². The topological polar surface area (TPSA) is 79.8 Å². The molecule has 180 valence electrons. The van der Waals surface area contributed by atoms with Crippen molar-refractivity contribution in [1.29, 1.82) is 0 Å². The van der Waals surface area contributed by atoms with E-state index in [1.165, 1.54) is 24.3 Å². The molecule has 1 amide bonds. The maximum atomic E-state index is 12.8. The highest BCUT2D eigenvalue weighted by atomic mass is 19.4. The van der Waals surface area contributed by atoms with Crippen LogP contribution in [0.1, 0.15) is 34.0 Å². The van der Waals surface area contributed by atoms with Gasteiger partial charge in [-0.2, -0.15) is 13.2 Å². The largest absolute Gasteiger partial charge is 0.492 e. The van der Waals surface area contributed by atoms with Crippen molar-refractivity contribution in [3.63, 3.8) is 0 Å². The molecule has 0 aliphatic carbocycles. The summed E-state index contributed by atoms with van der Waals surface area (Å²) in [7, 11) is 0. The Hall–Kier alpha value is -3.56. The molecule has 3 N–H and O–H groups in total. The Morgan fingerprint density at radius 1 is 0.882 bits per heavy atom. The van der Waals surface area contributed by atoms with Gasteiger partial charge < -0.3 is 14.8 Å². The lowest BCUT2D eigenvalue weighted by molar-refractivity contribution is -0.137. The molecule has 3 rings (SSSR count). The summed E-state index contributed by atoms with van der Waals surface area (Å²) in [6.45, 7) is 1.54. The normalized spacial score (nSPS) is 12.1. The number of hydroxylamine groups is 1. The van der Waals surface area contributed by atoms with Crippen molar-refractivity contribution in [3.05, 3.63) is 95.6 Å². The molecule has 0 fully saturated rings. The number of halogens is 3. The van der Waals surface area contributed by atoms with Crippen LogP contribution in [0, 0.1) is 0 Å². The molecule has 0 spiro atoms. The number of hydrogen-bond acceptors (Lipinski definition) is 5. The standard InChI is InChI=1S/C25H25F3N2O4/c26-25(27,28)20-8-12-22(13-9-20)34-23(18-4-2-1-3-5-18)14-15-29-16-17-33-21-10-6-19(7-11-21)24(31)30-32/h1-13,23,29,32H,14-17H2,(H,30,31)/t23-/m1/s1. The van der Waals surface area contributed by atoms with Crippen molar-refractivity contribution in [1.82, 2.24) is 10.8 Å². The van der Waals surface area contributed by atoms with Crippen LogP contribution in [0.4, 0.5) is 13.2 Å². The monoisotopic (exact) mass is 474 g/mol. The highest BCUT2D eigenvalue weighted by Crippen LogP contribution is 2.31. The minimum atomic E-state index is -4.39. The first-order valence-corrected chi connectivity index (χ1v) is 10.6. The van der Waals surface area contributed by atoms with E-state index in [2.05, 4.69) is 5.32 Å². The zero-order valence-electron chi connectivity index (χ0n) is 18.2. The van der Waals surface area contributed by atoms with Crippen molar-refractivity contribution in [3.8, 4) is 11.5 Å². The molecule has 0 aliphatic rings. The van der Waals surface area contributed by atoms with Gasteiger partial charge >= 0.3 is 6.18 Å². The first-order valence-electron chi connectivity index (χ1n) is 10.6. The van der Waals surface area contributed by atoms with Gasteiger partial charge in [-0.1, -0.05) is 30.3 Å². The Balaban J connectivity index is 1.48. The summed E-state index contributed by atoms with van der Waals surface area (Å²) in [5.41, 5.74) is 2.08. The molecule has 0 bridgehead atoms. The molecule has 0 unspecified atom stereocenters. The molecule has 0 aliphatic heterocycles. The van der Waals surface area contributed by atoms with Gasteiger partial charge in [0.1, 0.15) is 24.2 Å². The number of hydrogen-bond donors (Lipinski definition) is 3. The van der Waals surface area contributed by atoms with Gasteiger partial charge in [-0.25, -0.2) is 5.48 Å². The Bertz CT molecular complexity index is 1030. The molecule has 1 atom stereocenters. The highest BCUT2D eigenvalue weighted by molar-refractivity contribution is 5.93. The van der Waals surface area contributed by atoms with Gasteiger partial charge in [-0.05, 0) is 60.6 Å². The lowest BCUT2D eigenvalue weighted by Gasteiger charge is -2.20. The van der Waals surface area contributed by atoms with Gasteiger partial charge in [0.25, 0.3) is 5.91 Å². The molecule has 9 heteroatoms. The summed E-state index contributed by atoms with van der Waals surface area (Å²) < 4.78 is 50.0. The second-order valence-corrected chi connectivity index (χ2v) is 7.39. The van der Waals surface area contributed by atoms with E-state index < -0.39 is 17.6 Å². The van der Waals surface area contributed by atoms with E-state index in [0.717, 1.165) is 17.7 Å². The molecule has 0 saturated carbocycles. The van der Waals surface area contributed by atoms with Crippen LogP contribution in [-0.2, 0) is 6.18 Å². The number of ether oxygens (including phenoxy) is 2. The Morgan fingerprint density at radius 2 is 1.53 bits per heavy atom. The van der Waals surface area contributed by atoms with E-state index in [-0.39, 0.29) is 6.10 Å². The van der Waals surface area contributed by atoms with Gasteiger partial charge in [0.2, 0.25) is 0 Å². The van der Waals surface area contributed by atoms with Crippen molar-refractivity contribution in [2.24, 2.45) is 0 Å². The number of alkyl halides is 3. The predicted octanol–water partition coefficient (Wildman–Crippen LogP) is 5.00. The summed E-state index contributed by atoms with van der Waals surface area (Å²) in [5, 5.41) is 11.9. The second-order valence-electron chi connectivity index (χ2n) is 7.39. The van der Waals surface area contributed by atoms with Crippen LogP contribution in [0.3, 0.4) is 0 Å². The maximum Gasteiger partial charge on any atom is 0.416 e. The Labute approximate surface area is 195 Å². The molecule has 34 heavy (non-hydrogen) atoms. The first-order chi connectivity index (χ1) is 16.4. The number of benzene rings is 3. The van der Waals surface area contributed by atoms with Crippen molar-refractivity contribution >= 4 is 5.91 Å². The zero-order valence-corrected chi connectivity index (χ0v) is 18.2. The van der Waals surface area contributed by atoms with E-state index in [4.69, 9.17) is 14.7 Å². The quantitative estimate of drug-likeness (QED) is 0.207. The SMILES string of the molecule is O=C(NO)c1ccc(OCCNCC[C@@H](Oc2ccc(C(F)(F)F)cc2)c2ccccc2)cc1. The van der Waals surface area contributed by atoms with Crippen LogP contribution in [0.15, 0.2) is 78.9 Å². The molecule has 3 aromatic rings. The third-order valence-electron chi connectivity index (χ3n) is 4.98. The summed E-state index contributed by atoms with van der Waals surface area (Å²) in [5.74, 6) is 0.354. The average molecular weight is 474 g/mol. The number of carbonyl (C=O) groups excluding carboxylic acids is 1. The second kappa shape index (κ2) is 12.1. The molecule has 0 aromatic heterocycles. The maximum absolute atomic E-state index is 12.8. The van der Waals surface area contributed by atoms with E-state index in [1.54, 1.807) is 17.6 Å². The Kier molecular flexibility index (Phi) is 8.89. The van der Waals surface area contributed by atoms with Gasteiger partial charge in [0, 0.05) is 18.5 Å². The summed E-state index contributed by atoms with van der Waals surface area (Å²) in [6, 6.07) is 20.5. The van der Waals surface area contributed by atoms with Crippen molar-refractivity contribution < 1.29 is 32.6 Å². The summed E-state index contributed by atoms with van der Waals surface area (Å²) in [6.07, 6.45) is -4.13. The van der Waals surface area contributed by atoms with Crippen LogP contribution in [0.25, 0.3) is 0 Å². The lowest BCUT2D eigenvalue weighted by Crippen LogP contribution is -2.24. The number of nitrogens with one attached hydrogen (secondary N) is 2. The van der Waals surface area contributed by atoms with Crippen LogP contribution in [-0.4, -0.2) is 30.8 Å². The van der Waals surface area contributed by atoms with Crippen molar-refractivity contribution in [2.45, 2.75) is 18.7 Å². The summed E-state index contributed by atoms with van der Waals surface area (Å²) in [4.78, 5) is 11.3. The third kappa shape index (κ3) is 7.50. The molecule has 3 aromatic carbocycles. The Morgan fingerprint density at radius 3 is 2.15 bits per heavy atom. The highest BCUT2D eigenvalue weighted by Gasteiger charge is 2.30. The fraction of sp³-hybridized carbons (Fsp3) is 0.240. The number of amides is 1. The third-order valence-corrected chi connectivity index (χ3v) is 4.98. The smallest absolute Gasteiger partial charge is 0.416 e. The van der Waals surface area contributed by atoms with E-state index in [0.29, 0.717) is 43.2 Å². The fourth-order valence-corrected chi connectivity index (χ4v) is 3.21. The van der Waals surface area contributed by atoms with Crippen LogP contribution < -0.4 is 20.3 Å². The number of rotatable bonds is 11. The van der Waals surface area contributed by atoms with Gasteiger partial charge in [-0.15, -0.1) is 0 Å². The minimum absolute atomic E-state index is 0.313. The molecule has 0 heterocycles. The van der Waals surface area contributed by atoms with Gasteiger partial charge in [-0.3, -0.25) is 10.0 Å². The fourth-order valence-electron chi connectivity index (χ4n) is 3.21. The average Bonchev–Trinajstić information content (AvgIpc) is 2.85. The van der Waals surface area contributed by atoms with E-state index in [9.17, 15) is 18.0 Å². The molecule has 0 saturated heterocycles. The number of carbonyl (C=O) groups is 1. The zero-order chi connectivity index (χ0) is 24.4. The molecular weight excluding hydrogens is 449 g/mol.